The number of aromatic nitrogens is 2. The molecule has 0 fully saturated rings. The third-order valence-corrected chi connectivity index (χ3v) is 5.34. The monoisotopic (exact) mass is 308 g/mol. The van der Waals surface area contributed by atoms with E-state index in [1.807, 2.05) is 38.1 Å². The number of nitrogen functional groups attached to an aromatic ring is 1. The Bertz CT molecular complexity index is 737. The van der Waals surface area contributed by atoms with E-state index in [4.69, 9.17) is 5.73 Å². The highest BCUT2D eigenvalue weighted by Gasteiger charge is 2.27. The Kier molecular flexibility index (Phi) is 4.34. The molecule has 6 nitrogen and oxygen atoms in total. The van der Waals surface area contributed by atoms with Crippen LogP contribution >= 0.6 is 0 Å². The molecule has 1 aromatic heterocycles. The summed E-state index contributed by atoms with van der Waals surface area (Å²) >= 11 is 0. The average Bonchev–Trinajstić information content (AvgIpc) is 2.77. The van der Waals surface area contributed by atoms with Crippen LogP contribution in [0.2, 0.25) is 0 Å². The van der Waals surface area contributed by atoms with Gasteiger partial charge in [0, 0.05) is 26.3 Å². The van der Waals surface area contributed by atoms with E-state index in [0.717, 1.165) is 11.1 Å². The van der Waals surface area contributed by atoms with Crippen molar-refractivity contribution in [3.05, 3.63) is 41.6 Å². The second-order valence-electron chi connectivity index (χ2n) is 4.91. The number of sulfonamides is 1. The van der Waals surface area contributed by atoms with Gasteiger partial charge < -0.3 is 5.73 Å². The normalized spacial score (nSPS) is 12.0. The highest BCUT2D eigenvalue weighted by atomic mass is 32.2. The van der Waals surface area contributed by atoms with E-state index >= 15 is 0 Å². The van der Waals surface area contributed by atoms with Gasteiger partial charge in [-0.3, -0.25) is 4.68 Å². The third-order valence-electron chi connectivity index (χ3n) is 3.40. The van der Waals surface area contributed by atoms with Crippen molar-refractivity contribution >= 4 is 15.8 Å². The summed E-state index contributed by atoms with van der Waals surface area (Å²) < 4.78 is 28.2. The predicted octanol–water partition coefficient (Wildman–Crippen LogP) is 1.52. The Balaban J connectivity index is 2.37. The summed E-state index contributed by atoms with van der Waals surface area (Å²) in [4.78, 5) is 0.0560. The molecule has 0 aliphatic carbocycles. The second-order valence-corrected chi connectivity index (χ2v) is 6.82. The number of hydrogen-bond donors (Lipinski definition) is 1. The smallest absolute Gasteiger partial charge is 0.248 e. The number of benzene rings is 1. The van der Waals surface area contributed by atoms with Crippen LogP contribution < -0.4 is 5.73 Å². The number of anilines is 1. The van der Waals surface area contributed by atoms with Crippen LogP contribution in [0.1, 0.15) is 18.1 Å². The van der Waals surface area contributed by atoms with E-state index in [2.05, 4.69) is 5.10 Å². The van der Waals surface area contributed by atoms with Crippen molar-refractivity contribution < 1.29 is 8.42 Å². The summed E-state index contributed by atoms with van der Waals surface area (Å²) in [6.45, 7) is 4.46. The van der Waals surface area contributed by atoms with Crippen LogP contribution in [0.25, 0.3) is 0 Å². The summed E-state index contributed by atoms with van der Waals surface area (Å²) in [7, 11) is -2.01. The van der Waals surface area contributed by atoms with E-state index in [9.17, 15) is 8.42 Å². The number of hydrogen-bond acceptors (Lipinski definition) is 4. The summed E-state index contributed by atoms with van der Waals surface area (Å²) in [6, 6.07) is 7.73. The number of rotatable bonds is 5. The second kappa shape index (κ2) is 5.87. The van der Waals surface area contributed by atoms with Gasteiger partial charge in [-0.15, -0.1) is 0 Å². The van der Waals surface area contributed by atoms with Crippen molar-refractivity contribution in [2.24, 2.45) is 7.05 Å². The van der Waals surface area contributed by atoms with E-state index in [1.54, 1.807) is 7.05 Å². The van der Waals surface area contributed by atoms with Crippen molar-refractivity contribution in [1.82, 2.24) is 14.1 Å². The Hall–Kier alpha value is -1.86. The van der Waals surface area contributed by atoms with E-state index < -0.39 is 10.0 Å². The Morgan fingerprint density at radius 3 is 2.52 bits per heavy atom. The van der Waals surface area contributed by atoms with Crippen LogP contribution in [-0.4, -0.2) is 29.0 Å². The summed E-state index contributed by atoms with van der Waals surface area (Å²) in [6.07, 6.45) is 1.44. The molecule has 0 radical (unpaired) electrons. The fourth-order valence-corrected chi connectivity index (χ4v) is 3.68. The molecule has 1 heterocycles. The van der Waals surface area contributed by atoms with Crippen molar-refractivity contribution in [3.63, 3.8) is 0 Å². The molecule has 0 amide bonds. The maximum Gasteiger partial charge on any atom is 0.248 e. The maximum absolute atomic E-state index is 12.7. The molecule has 1 aromatic carbocycles. The van der Waals surface area contributed by atoms with Crippen LogP contribution in [0, 0.1) is 6.92 Å². The van der Waals surface area contributed by atoms with Gasteiger partial charge in [0.25, 0.3) is 0 Å². The molecule has 0 atom stereocenters. The number of nitrogens with zero attached hydrogens (tertiary/aromatic N) is 3. The third kappa shape index (κ3) is 3.08. The molecule has 0 bridgehead atoms. The summed E-state index contributed by atoms with van der Waals surface area (Å²) in [5, 5.41) is 3.91. The SMILES string of the molecule is CCN(Cc1ccccc1C)S(=O)(=O)c1cn(C)nc1N. The van der Waals surface area contributed by atoms with E-state index in [0.29, 0.717) is 13.1 Å². The molecule has 7 heteroatoms. The first-order chi connectivity index (χ1) is 9.86. The van der Waals surface area contributed by atoms with E-state index in [-0.39, 0.29) is 10.7 Å². The fourth-order valence-electron chi connectivity index (χ4n) is 2.17. The molecule has 0 saturated heterocycles. The molecule has 0 aliphatic heterocycles. The zero-order valence-corrected chi connectivity index (χ0v) is 13.3. The molecule has 2 rings (SSSR count). The van der Waals surface area contributed by atoms with Gasteiger partial charge in [0.2, 0.25) is 10.0 Å². The maximum atomic E-state index is 12.7. The molecule has 0 aliphatic rings. The molecular weight excluding hydrogens is 288 g/mol. The molecule has 0 spiro atoms. The van der Waals surface area contributed by atoms with Crippen LogP contribution in [0.15, 0.2) is 35.4 Å². The lowest BCUT2D eigenvalue weighted by atomic mass is 10.1. The molecule has 0 saturated carbocycles. The quantitative estimate of drug-likeness (QED) is 0.908. The molecule has 2 aromatic rings. The van der Waals surface area contributed by atoms with Crippen LogP contribution in [-0.2, 0) is 23.6 Å². The first-order valence-electron chi connectivity index (χ1n) is 6.70. The first-order valence-corrected chi connectivity index (χ1v) is 8.14. The Morgan fingerprint density at radius 1 is 1.33 bits per heavy atom. The van der Waals surface area contributed by atoms with Crippen molar-refractivity contribution in [2.75, 3.05) is 12.3 Å². The minimum absolute atomic E-state index is 0.0285. The van der Waals surface area contributed by atoms with Gasteiger partial charge in [-0.2, -0.15) is 9.40 Å². The lowest BCUT2D eigenvalue weighted by Crippen LogP contribution is -2.31. The van der Waals surface area contributed by atoms with Crippen molar-refractivity contribution in [1.29, 1.82) is 0 Å². The van der Waals surface area contributed by atoms with Gasteiger partial charge in [0.15, 0.2) is 5.82 Å². The largest absolute Gasteiger partial charge is 0.381 e. The molecule has 2 N–H and O–H groups in total. The summed E-state index contributed by atoms with van der Waals surface area (Å²) in [5.41, 5.74) is 7.74. The van der Waals surface area contributed by atoms with Gasteiger partial charge in [0.1, 0.15) is 4.90 Å². The molecule has 114 valence electrons. The lowest BCUT2D eigenvalue weighted by Gasteiger charge is -2.21. The van der Waals surface area contributed by atoms with E-state index in [1.165, 1.54) is 15.2 Å². The number of nitrogens with two attached hydrogens (primary N) is 1. The van der Waals surface area contributed by atoms with Crippen molar-refractivity contribution in [2.45, 2.75) is 25.3 Å². The first kappa shape index (κ1) is 15.5. The van der Waals surface area contributed by atoms with Crippen LogP contribution in [0.5, 0.6) is 0 Å². The van der Waals surface area contributed by atoms with Gasteiger partial charge in [-0.25, -0.2) is 8.42 Å². The van der Waals surface area contributed by atoms with Crippen LogP contribution in [0.4, 0.5) is 5.82 Å². The zero-order chi connectivity index (χ0) is 15.6. The Labute approximate surface area is 125 Å². The minimum Gasteiger partial charge on any atom is -0.381 e. The number of aryl methyl sites for hydroxylation is 2. The van der Waals surface area contributed by atoms with Gasteiger partial charge in [0.05, 0.1) is 0 Å². The fraction of sp³-hybridized carbons (Fsp3) is 0.357. The highest BCUT2D eigenvalue weighted by molar-refractivity contribution is 7.89. The lowest BCUT2D eigenvalue weighted by molar-refractivity contribution is 0.423. The standard InChI is InChI=1S/C14H20N4O2S/c1-4-18(9-12-8-6-5-7-11(12)2)21(19,20)13-10-17(3)16-14(13)15/h5-8,10H,4,9H2,1-3H3,(H2,15,16). The highest BCUT2D eigenvalue weighted by Crippen LogP contribution is 2.23. The molecule has 0 unspecified atom stereocenters. The topological polar surface area (TPSA) is 81.2 Å². The van der Waals surface area contributed by atoms with Crippen molar-refractivity contribution in [3.8, 4) is 0 Å². The zero-order valence-electron chi connectivity index (χ0n) is 12.4. The molecule has 21 heavy (non-hydrogen) atoms. The van der Waals surface area contributed by atoms with Crippen LogP contribution in [0.3, 0.4) is 0 Å². The summed E-state index contributed by atoms with van der Waals surface area (Å²) in [5.74, 6) is 0.0285. The minimum atomic E-state index is -3.65. The predicted molar refractivity (Wildman–Crippen MR) is 82.1 cm³/mol. The van der Waals surface area contributed by atoms with Gasteiger partial charge >= 0.3 is 0 Å². The van der Waals surface area contributed by atoms with Gasteiger partial charge in [-0.05, 0) is 18.1 Å². The molecular formula is C14H20N4O2S. The average molecular weight is 308 g/mol. The Morgan fingerprint density at radius 2 is 2.00 bits per heavy atom. The van der Waals surface area contributed by atoms with Gasteiger partial charge in [-0.1, -0.05) is 31.2 Å².